The van der Waals surface area contributed by atoms with Crippen molar-refractivity contribution < 1.29 is 13.6 Å². The molecule has 5 heteroatoms. The van der Waals surface area contributed by atoms with E-state index in [0.29, 0.717) is 11.3 Å². The molecule has 0 bridgehead atoms. The van der Waals surface area contributed by atoms with E-state index in [9.17, 15) is 13.6 Å². The van der Waals surface area contributed by atoms with Crippen LogP contribution in [0.2, 0.25) is 0 Å². The van der Waals surface area contributed by atoms with E-state index < -0.39 is 5.54 Å². The Morgan fingerprint density at radius 1 is 1.00 bits per heavy atom. The molecule has 3 rings (SSSR count). The smallest absolute Gasteiger partial charge is 0.319 e. The van der Waals surface area contributed by atoms with Crippen LogP contribution < -0.4 is 10.6 Å². The van der Waals surface area contributed by atoms with E-state index in [1.165, 1.54) is 24.3 Å². The molecule has 0 saturated heterocycles. The van der Waals surface area contributed by atoms with Gasteiger partial charge in [-0.1, -0.05) is 25.0 Å². The molecule has 24 heavy (non-hydrogen) atoms. The average Bonchev–Trinajstić information content (AvgIpc) is 3.00. The van der Waals surface area contributed by atoms with Gasteiger partial charge in [-0.3, -0.25) is 0 Å². The second kappa shape index (κ2) is 6.59. The molecule has 0 aliphatic heterocycles. The van der Waals surface area contributed by atoms with Crippen LogP contribution in [-0.4, -0.2) is 6.03 Å². The number of hydrogen-bond donors (Lipinski definition) is 2. The number of amides is 2. The predicted octanol–water partition coefficient (Wildman–Crippen LogP) is 4.86. The average molecular weight is 330 g/mol. The maximum Gasteiger partial charge on any atom is 0.319 e. The highest BCUT2D eigenvalue weighted by molar-refractivity contribution is 5.90. The topological polar surface area (TPSA) is 41.1 Å². The highest BCUT2D eigenvalue weighted by Gasteiger charge is 2.37. The zero-order valence-corrected chi connectivity index (χ0v) is 13.5. The van der Waals surface area contributed by atoms with Crippen molar-refractivity contribution in [3.63, 3.8) is 0 Å². The fourth-order valence-corrected chi connectivity index (χ4v) is 3.37. The molecule has 1 fully saturated rings. The van der Waals surface area contributed by atoms with Crippen LogP contribution in [0.5, 0.6) is 0 Å². The van der Waals surface area contributed by atoms with Crippen LogP contribution in [0.3, 0.4) is 0 Å². The van der Waals surface area contributed by atoms with E-state index in [0.717, 1.165) is 31.2 Å². The molecule has 0 unspecified atom stereocenters. The summed E-state index contributed by atoms with van der Waals surface area (Å²) in [6, 6.07) is 10.2. The second-order valence-corrected chi connectivity index (χ2v) is 6.33. The lowest BCUT2D eigenvalue weighted by molar-refractivity contribution is 0.236. The van der Waals surface area contributed by atoms with Gasteiger partial charge in [0.25, 0.3) is 0 Å². The van der Waals surface area contributed by atoms with Crippen molar-refractivity contribution in [1.82, 2.24) is 5.32 Å². The summed E-state index contributed by atoms with van der Waals surface area (Å²) >= 11 is 0. The summed E-state index contributed by atoms with van der Waals surface area (Å²) < 4.78 is 26.4. The minimum Gasteiger partial charge on any atom is -0.328 e. The van der Waals surface area contributed by atoms with Crippen molar-refractivity contribution in [2.24, 2.45) is 0 Å². The van der Waals surface area contributed by atoms with Crippen LogP contribution in [0, 0.1) is 18.6 Å². The number of nitrogens with one attached hydrogen (secondary N) is 2. The molecular weight excluding hydrogens is 310 g/mol. The first-order valence-electron chi connectivity index (χ1n) is 8.10. The van der Waals surface area contributed by atoms with E-state index in [-0.39, 0.29) is 17.7 Å². The Hall–Kier alpha value is -2.43. The van der Waals surface area contributed by atoms with Crippen LogP contribution in [0.1, 0.15) is 36.8 Å². The highest BCUT2D eigenvalue weighted by atomic mass is 19.1. The standard InChI is InChI=1S/C19H20F2N2O/c1-13-12-16(21)8-9-17(13)22-18(24)23-19(10-2-3-11-19)14-4-6-15(20)7-5-14/h4-9,12H,2-3,10-11H2,1H3,(H2,22,23,24). The molecule has 0 heterocycles. The molecule has 2 N–H and O–H groups in total. The predicted molar refractivity (Wildman–Crippen MR) is 89.8 cm³/mol. The van der Waals surface area contributed by atoms with Crippen molar-refractivity contribution in [2.45, 2.75) is 38.1 Å². The van der Waals surface area contributed by atoms with Gasteiger partial charge in [-0.2, -0.15) is 0 Å². The molecule has 1 aliphatic rings. The van der Waals surface area contributed by atoms with Gasteiger partial charge in [-0.05, 0) is 61.2 Å². The molecule has 126 valence electrons. The van der Waals surface area contributed by atoms with Crippen LogP contribution in [0.15, 0.2) is 42.5 Å². The van der Waals surface area contributed by atoms with Gasteiger partial charge in [0, 0.05) is 5.69 Å². The quantitative estimate of drug-likeness (QED) is 0.829. The van der Waals surface area contributed by atoms with Crippen molar-refractivity contribution in [2.75, 3.05) is 5.32 Å². The minimum absolute atomic E-state index is 0.293. The molecule has 0 atom stereocenters. The largest absolute Gasteiger partial charge is 0.328 e. The lowest BCUT2D eigenvalue weighted by Crippen LogP contribution is -2.45. The van der Waals surface area contributed by atoms with Gasteiger partial charge in [-0.25, -0.2) is 13.6 Å². The van der Waals surface area contributed by atoms with Gasteiger partial charge in [0.05, 0.1) is 5.54 Å². The van der Waals surface area contributed by atoms with Crippen molar-refractivity contribution >= 4 is 11.7 Å². The normalized spacial score (nSPS) is 16.0. The maximum absolute atomic E-state index is 13.2. The molecule has 1 saturated carbocycles. The minimum atomic E-state index is -0.480. The first-order valence-corrected chi connectivity index (χ1v) is 8.10. The second-order valence-electron chi connectivity index (χ2n) is 6.33. The summed E-state index contributed by atoms with van der Waals surface area (Å²) in [5.41, 5.74) is 1.66. The third-order valence-electron chi connectivity index (χ3n) is 4.64. The number of carbonyl (C=O) groups excluding carboxylic acids is 1. The van der Waals surface area contributed by atoms with Gasteiger partial charge in [0.1, 0.15) is 11.6 Å². The number of rotatable bonds is 3. The summed E-state index contributed by atoms with van der Waals surface area (Å²) in [7, 11) is 0. The summed E-state index contributed by atoms with van der Waals surface area (Å²) in [5, 5.41) is 5.83. The van der Waals surface area contributed by atoms with Gasteiger partial charge in [-0.15, -0.1) is 0 Å². The summed E-state index contributed by atoms with van der Waals surface area (Å²) in [6.07, 6.45) is 3.64. The Balaban J connectivity index is 1.78. The van der Waals surface area contributed by atoms with Crippen molar-refractivity contribution in [1.29, 1.82) is 0 Å². The van der Waals surface area contributed by atoms with Gasteiger partial charge in [0.15, 0.2) is 0 Å². The number of benzene rings is 2. The number of aryl methyl sites for hydroxylation is 1. The van der Waals surface area contributed by atoms with Gasteiger partial charge in [0.2, 0.25) is 0 Å². The summed E-state index contributed by atoms with van der Waals surface area (Å²) in [5.74, 6) is -0.629. The van der Waals surface area contributed by atoms with Crippen LogP contribution >= 0.6 is 0 Å². The summed E-state index contributed by atoms with van der Waals surface area (Å²) in [4.78, 5) is 12.5. The lowest BCUT2D eigenvalue weighted by atomic mass is 9.88. The number of carbonyl (C=O) groups is 1. The van der Waals surface area contributed by atoms with E-state index in [1.54, 1.807) is 25.1 Å². The molecule has 2 amide bonds. The molecule has 1 aliphatic carbocycles. The van der Waals surface area contributed by atoms with Crippen LogP contribution in [0.4, 0.5) is 19.3 Å². The molecule has 2 aromatic rings. The number of anilines is 1. The lowest BCUT2D eigenvalue weighted by Gasteiger charge is -2.31. The van der Waals surface area contributed by atoms with Crippen LogP contribution in [-0.2, 0) is 5.54 Å². The Morgan fingerprint density at radius 2 is 1.62 bits per heavy atom. The first kappa shape index (κ1) is 16.4. The molecule has 0 spiro atoms. The Morgan fingerprint density at radius 3 is 2.25 bits per heavy atom. The molecular formula is C19H20F2N2O. The first-order chi connectivity index (χ1) is 11.5. The Labute approximate surface area is 140 Å². The van der Waals surface area contributed by atoms with Crippen molar-refractivity contribution in [3.8, 4) is 0 Å². The fraction of sp³-hybridized carbons (Fsp3) is 0.316. The van der Waals surface area contributed by atoms with E-state index >= 15 is 0 Å². The molecule has 3 nitrogen and oxygen atoms in total. The Kier molecular flexibility index (Phi) is 4.51. The monoisotopic (exact) mass is 330 g/mol. The number of hydrogen-bond acceptors (Lipinski definition) is 1. The summed E-state index contributed by atoms with van der Waals surface area (Å²) in [6.45, 7) is 1.74. The van der Waals surface area contributed by atoms with E-state index in [1.807, 2.05) is 0 Å². The third kappa shape index (κ3) is 3.40. The number of urea groups is 1. The van der Waals surface area contributed by atoms with Gasteiger partial charge >= 0.3 is 6.03 Å². The number of halogens is 2. The highest BCUT2D eigenvalue weighted by Crippen LogP contribution is 2.38. The van der Waals surface area contributed by atoms with E-state index in [2.05, 4.69) is 10.6 Å². The fourth-order valence-electron chi connectivity index (χ4n) is 3.37. The molecule has 2 aromatic carbocycles. The zero-order valence-electron chi connectivity index (χ0n) is 13.5. The van der Waals surface area contributed by atoms with Gasteiger partial charge < -0.3 is 10.6 Å². The maximum atomic E-state index is 13.2. The van der Waals surface area contributed by atoms with Crippen LogP contribution in [0.25, 0.3) is 0 Å². The third-order valence-corrected chi connectivity index (χ3v) is 4.64. The molecule has 0 aromatic heterocycles. The molecule has 0 radical (unpaired) electrons. The van der Waals surface area contributed by atoms with E-state index in [4.69, 9.17) is 0 Å². The van der Waals surface area contributed by atoms with Crippen molar-refractivity contribution in [3.05, 3.63) is 65.2 Å². The zero-order chi connectivity index (χ0) is 17.2. The SMILES string of the molecule is Cc1cc(F)ccc1NC(=O)NC1(c2ccc(F)cc2)CCCC1. The Bertz CT molecular complexity index is 738.